The quantitative estimate of drug-likeness (QED) is 0.844. The van der Waals surface area contributed by atoms with Crippen LogP contribution in [0.3, 0.4) is 0 Å². The van der Waals surface area contributed by atoms with Gasteiger partial charge in [-0.3, -0.25) is 9.47 Å². The molecule has 1 N–H and O–H groups in total. The molecule has 0 saturated carbocycles. The third-order valence-electron chi connectivity index (χ3n) is 5.06. The zero-order chi connectivity index (χ0) is 20.4. The molecule has 0 radical (unpaired) electrons. The summed E-state index contributed by atoms with van der Waals surface area (Å²) < 4.78 is 46.4. The van der Waals surface area contributed by atoms with Crippen molar-refractivity contribution in [2.24, 2.45) is 0 Å². The second-order valence-corrected chi connectivity index (χ2v) is 7.24. The molecule has 2 aromatic rings. The van der Waals surface area contributed by atoms with Crippen LogP contribution in [0.2, 0.25) is 0 Å². The molecule has 1 aromatic heterocycles. The molecule has 1 saturated heterocycles. The summed E-state index contributed by atoms with van der Waals surface area (Å²) in [5.74, 6) is -0.459. The van der Waals surface area contributed by atoms with Crippen molar-refractivity contribution in [3.63, 3.8) is 0 Å². The Hall–Kier alpha value is -2.91. The third-order valence-corrected chi connectivity index (χ3v) is 5.06. The first-order valence-electron chi connectivity index (χ1n) is 8.80. The molecular weight excluding hydrogens is 379 g/mol. The fraction of sp³-hybridized carbons (Fsp3) is 0.444. The Kier molecular flexibility index (Phi) is 3.98. The molecule has 2 bridgehead atoms. The van der Waals surface area contributed by atoms with E-state index in [2.05, 4.69) is 0 Å². The van der Waals surface area contributed by atoms with E-state index in [1.807, 2.05) is 0 Å². The van der Waals surface area contributed by atoms with Crippen molar-refractivity contribution < 1.29 is 27.8 Å². The Morgan fingerprint density at radius 1 is 1.32 bits per heavy atom. The minimum Gasteiger partial charge on any atom is -0.493 e. The maximum atomic E-state index is 13.0. The number of likely N-dealkylation sites (tertiary alicyclic amines) is 1. The first-order chi connectivity index (χ1) is 13.1. The van der Waals surface area contributed by atoms with Crippen LogP contribution >= 0.6 is 0 Å². The van der Waals surface area contributed by atoms with Gasteiger partial charge in [0, 0.05) is 6.54 Å². The highest BCUT2D eigenvalue weighted by molar-refractivity contribution is 5.69. The summed E-state index contributed by atoms with van der Waals surface area (Å²) in [6.45, 7) is 3.67. The Bertz CT molecular complexity index is 1010. The number of halogens is 3. The molecule has 3 heterocycles. The molecule has 150 valence electrons. The fourth-order valence-electron chi connectivity index (χ4n) is 3.97. The average Bonchev–Trinajstić information content (AvgIpc) is 3.25. The van der Waals surface area contributed by atoms with Gasteiger partial charge in [0.25, 0.3) is 0 Å². The van der Waals surface area contributed by atoms with Crippen LogP contribution in [0, 0.1) is 0 Å². The van der Waals surface area contributed by atoms with E-state index >= 15 is 0 Å². The molecule has 2 aliphatic rings. The lowest BCUT2D eigenvalue weighted by Gasteiger charge is -2.27. The number of imidazole rings is 1. The van der Waals surface area contributed by atoms with E-state index in [0.29, 0.717) is 6.42 Å². The highest BCUT2D eigenvalue weighted by Gasteiger charge is 2.50. The number of hydrogen-bond donors (Lipinski definition) is 1. The SMILES string of the molecule is CC(C)OC(=O)N1CC2C[C@@H]1c1c(O)n(-c3cccc(C(F)(F)F)c3)c(=O)n12. The Morgan fingerprint density at radius 2 is 2.04 bits per heavy atom. The smallest absolute Gasteiger partial charge is 0.416 e. The van der Waals surface area contributed by atoms with Crippen molar-refractivity contribution >= 4 is 6.09 Å². The van der Waals surface area contributed by atoms with E-state index < -0.39 is 35.4 Å². The van der Waals surface area contributed by atoms with Crippen LogP contribution in [0.25, 0.3) is 5.69 Å². The Labute approximate surface area is 157 Å². The Balaban J connectivity index is 1.77. The predicted octanol–water partition coefficient (Wildman–Crippen LogP) is 3.21. The normalized spacial score (nSPS) is 20.7. The zero-order valence-electron chi connectivity index (χ0n) is 15.1. The molecular formula is C18H18F3N3O4. The lowest BCUT2D eigenvalue weighted by Crippen LogP contribution is -2.38. The van der Waals surface area contributed by atoms with Crippen LogP contribution in [-0.4, -0.2) is 37.9 Å². The monoisotopic (exact) mass is 397 g/mol. The van der Waals surface area contributed by atoms with Gasteiger partial charge in [-0.1, -0.05) is 6.07 Å². The number of aromatic nitrogens is 2. The van der Waals surface area contributed by atoms with Crippen LogP contribution in [0.15, 0.2) is 29.1 Å². The summed E-state index contributed by atoms with van der Waals surface area (Å²) in [6, 6.07) is 3.28. The van der Waals surface area contributed by atoms with Crippen LogP contribution in [0.1, 0.15) is 43.6 Å². The topological polar surface area (TPSA) is 76.7 Å². The van der Waals surface area contributed by atoms with E-state index in [1.165, 1.54) is 21.6 Å². The summed E-state index contributed by atoms with van der Waals surface area (Å²) in [7, 11) is 0. The molecule has 1 aromatic carbocycles. The first-order valence-corrected chi connectivity index (χ1v) is 8.80. The number of rotatable bonds is 2. The molecule has 10 heteroatoms. The number of aromatic hydroxyl groups is 1. The Morgan fingerprint density at radius 3 is 2.68 bits per heavy atom. The highest BCUT2D eigenvalue weighted by Crippen LogP contribution is 2.48. The van der Waals surface area contributed by atoms with Crippen LogP contribution in [0.5, 0.6) is 5.88 Å². The van der Waals surface area contributed by atoms with Crippen molar-refractivity contribution in [1.82, 2.24) is 14.0 Å². The molecule has 28 heavy (non-hydrogen) atoms. The van der Waals surface area contributed by atoms with Crippen molar-refractivity contribution in [3.8, 4) is 11.6 Å². The number of carbonyl (C=O) groups is 1. The first kappa shape index (κ1) is 18.5. The maximum absolute atomic E-state index is 13.0. The third kappa shape index (κ3) is 2.66. The molecule has 1 fully saturated rings. The van der Waals surface area contributed by atoms with Crippen LogP contribution in [0.4, 0.5) is 18.0 Å². The summed E-state index contributed by atoms with van der Waals surface area (Å²) in [4.78, 5) is 26.6. The minimum absolute atomic E-state index is 0.0880. The number of benzene rings is 1. The van der Waals surface area contributed by atoms with Gasteiger partial charge in [0.1, 0.15) is 5.69 Å². The van der Waals surface area contributed by atoms with Gasteiger partial charge in [0.2, 0.25) is 5.88 Å². The van der Waals surface area contributed by atoms with Crippen LogP contribution < -0.4 is 5.69 Å². The van der Waals surface area contributed by atoms with Gasteiger partial charge in [-0.2, -0.15) is 13.2 Å². The molecule has 7 nitrogen and oxygen atoms in total. The van der Waals surface area contributed by atoms with Crippen molar-refractivity contribution in [2.75, 3.05) is 6.54 Å². The van der Waals surface area contributed by atoms with Gasteiger partial charge in [-0.05, 0) is 38.5 Å². The number of alkyl halides is 3. The summed E-state index contributed by atoms with van der Waals surface area (Å²) in [5, 5.41) is 10.7. The molecule has 1 amide bonds. The second-order valence-electron chi connectivity index (χ2n) is 7.24. The second kappa shape index (κ2) is 6.05. The van der Waals surface area contributed by atoms with E-state index in [0.717, 1.165) is 16.7 Å². The number of fused-ring (bicyclic) bond motifs is 5. The summed E-state index contributed by atoms with van der Waals surface area (Å²) >= 11 is 0. The number of carbonyl (C=O) groups excluding carboxylic acids is 1. The molecule has 2 aliphatic heterocycles. The van der Waals surface area contributed by atoms with Crippen molar-refractivity contribution in [3.05, 3.63) is 46.0 Å². The van der Waals surface area contributed by atoms with E-state index in [1.54, 1.807) is 13.8 Å². The van der Waals surface area contributed by atoms with E-state index in [-0.39, 0.29) is 30.1 Å². The average molecular weight is 397 g/mol. The number of nitrogens with zero attached hydrogens (tertiary/aromatic N) is 3. The molecule has 0 aliphatic carbocycles. The lowest BCUT2D eigenvalue weighted by molar-refractivity contribution is -0.137. The summed E-state index contributed by atoms with van der Waals surface area (Å²) in [5.41, 5.74) is -1.42. The summed E-state index contributed by atoms with van der Waals surface area (Å²) in [6.07, 6.45) is -4.99. The molecule has 1 unspecified atom stereocenters. The maximum Gasteiger partial charge on any atom is 0.416 e. The van der Waals surface area contributed by atoms with Gasteiger partial charge < -0.3 is 9.84 Å². The standard InChI is InChI=1S/C18H18F3N3O4/c1-9(2)28-17(27)22-8-12-7-13(22)14-15(25)24(16(26)23(12)14)11-5-3-4-10(6-11)18(19,20)21/h3-6,9,12-13,25H,7-8H2,1-2H3/t12?,13-/m1/s1. The minimum atomic E-state index is -4.58. The number of ether oxygens (including phenoxy) is 1. The van der Waals surface area contributed by atoms with Crippen molar-refractivity contribution in [2.45, 2.75) is 44.6 Å². The molecule has 2 atom stereocenters. The largest absolute Gasteiger partial charge is 0.493 e. The van der Waals surface area contributed by atoms with Gasteiger partial charge in [-0.25, -0.2) is 14.2 Å². The highest BCUT2D eigenvalue weighted by atomic mass is 19.4. The number of hydrogen-bond acceptors (Lipinski definition) is 4. The van der Waals surface area contributed by atoms with Gasteiger partial charge in [0.15, 0.2) is 0 Å². The predicted molar refractivity (Wildman–Crippen MR) is 91.4 cm³/mol. The van der Waals surface area contributed by atoms with E-state index in [4.69, 9.17) is 4.74 Å². The van der Waals surface area contributed by atoms with Gasteiger partial charge >= 0.3 is 18.0 Å². The lowest BCUT2D eigenvalue weighted by atomic mass is 10.2. The molecule has 4 rings (SSSR count). The zero-order valence-corrected chi connectivity index (χ0v) is 15.1. The van der Waals surface area contributed by atoms with Crippen molar-refractivity contribution in [1.29, 1.82) is 0 Å². The van der Waals surface area contributed by atoms with Crippen LogP contribution in [-0.2, 0) is 10.9 Å². The van der Waals surface area contributed by atoms with Gasteiger partial charge in [0.05, 0.1) is 29.4 Å². The fourth-order valence-corrected chi connectivity index (χ4v) is 3.97. The number of amides is 1. The van der Waals surface area contributed by atoms with E-state index in [9.17, 15) is 27.9 Å². The molecule has 0 spiro atoms. The van der Waals surface area contributed by atoms with Gasteiger partial charge in [-0.15, -0.1) is 0 Å².